The highest BCUT2D eigenvalue weighted by atomic mass is 16.5. The molecule has 0 unspecified atom stereocenters. The summed E-state index contributed by atoms with van der Waals surface area (Å²) in [5, 5.41) is 0. The molecule has 0 heterocycles. The highest BCUT2D eigenvalue weighted by Crippen LogP contribution is 2.54. The van der Waals surface area contributed by atoms with Crippen LogP contribution in [0, 0.1) is 23.7 Å². The average molecular weight is 258 g/mol. The van der Waals surface area contributed by atoms with E-state index in [2.05, 4.69) is 0 Å². The molecule has 0 amide bonds. The number of ether oxygens (including phenoxy) is 2. The zero-order chi connectivity index (χ0) is 12.8. The van der Waals surface area contributed by atoms with Crippen molar-refractivity contribution in [2.24, 2.45) is 23.7 Å². The van der Waals surface area contributed by atoms with Crippen LogP contribution in [0.25, 0.3) is 0 Å². The van der Waals surface area contributed by atoms with E-state index < -0.39 is 0 Å². The maximum Gasteiger partial charge on any atom is 0.120 e. The predicted octanol–water partition coefficient (Wildman–Crippen LogP) is 3.90. The summed E-state index contributed by atoms with van der Waals surface area (Å²) in [6.07, 6.45) is 7.62. The number of hydrogen-bond acceptors (Lipinski definition) is 2. The second-order valence-electron chi connectivity index (χ2n) is 6.69. The van der Waals surface area contributed by atoms with E-state index in [0.717, 1.165) is 35.2 Å². The van der Waals surface area contributed by atoms with Gasteiger partial charge in [-0.25, -0.2) is 0 Å². The van der Waals surface area contributed by atoms with E-state index >= 15 is 0 Å². The molecule has 4 aliphatic carbocycles. The number of hydrogen-bond donors (Lipinski definition) is 0. The lowest BCUT2D eigenvalue weighted by molar-refractivity contribution is -0.0789. The number of methoxy groups -OCH3 is 1. The molecule has 0 spiro atoms. The molecule has 0 N–H and O–H groups in total. The molecular weight excluding hydrogens is 236 g/mol. The monoisotopic (exact) mass is 258 g/mol. The van der Waals surface area contributed by atoms with Crippen LogP contribution in [0.15, 0.2) is 24.3 Å². The maximum atomic E-state index is 6.34. The Kier molecular flexibility index (Phi) is 2.71. The Morgan fingerprint density at radius 1 is 0.789 bits per heavy atom. The lowest BCUT2D eigenvalue weighted by Gasteiger charge is -2.53. The van der Waals surface area contributed by atoms with Gasteiger partial charge in [0.1, 0.15) is 17.6 Å². The summed E-state index contributed by atoms with van der Waals surface area (Å²) in [4.78, 5) is 0. The van der Waals surface area contributed by atoms with Gasteiger partial charge in [0.2, 0.25) is 0 Å². The Hall–Kier alpha value is -1.18. The van der Waals surface area contributed by atoms with E-state index in [0.29, 0.717) is 6.10 Å². The van der Waals surface area contributed by atoms with Crippen LogP contribution in [0.3, 0.4) is 0 Å². The molecule has 4 bridgehead atoms. The Morgan fingerprint density at radius 2 is 1.32 bits per heavy atom. The fraction of sp³-hybridized carbons (Fsp3) is 0.647. The van der Waals surface area contributed by atoms with Crippen LogP contribution in [0.4, 0.5) is 0 Å². The van der Waals surface area contributed by atoms with E-state index in [9.17, 15) is 0 Å². The van der Waals surface area contributed by atoms with E-state index in [1.54, 1.807) is 7.11 Å². The average Bonchev–Trinajstić information content (AvgIpc) is 2.43. The Labute approximate surface area is 115 Å². The van der Waals surface area contributed by atoms with Gasteiger partial charge in [-0.15, -0.1) is 0 Å². The minimum atomic E-state index is 0.473. The van der Waals surface area contributed by atoms with Gasteiger partial charge in [-0.2, -0.15) is 0 Å². The minimum absolute atomic E-state index is 0.473. The normalized spacial score (nSPS) is 39.3. The van der Waals surface area contributed by atoms with Gasteiger partial charge >= 0.3 is 0 Å². The molecule has 19 heavy (non-hydrogen) atoms. The van der Waals surface area contributed by atoms with Gasteiger partial charge in [0.05, 0.1) is 7.11 Å². The SMILES string of the molecule is COc1ccc(OC2C3CC4CC(C3)CC2C4)cc1. The second kappa shape index (κ2) is 4.43. The topological polar surface area (TPSA) is 18.5 Å². The summed E-state index contributed by atoms with van der Waals surface area (Å²) in [5.74, 6) is 5.57. The van der Waals surface area contributed by atoms with Gasteiger partial charge in [-0.1, -0.05) is 0 Å². The molecule has 0 radical (unpaired) electrons. The fourth-order valence-electron chi connectivity index (χ4n) is 4.88. The van der Waals surface area contributed by atoms with E-state index in [1.807, 2.05) is 24.3 Å². The van der Waals surface area contributed by atoms with Crippen molar-refractivity contribution in [1.82, 2.24) is 0 Å². The molecule has 4 aliphatic rings. The molecule has 4 saturated carbocycles. The van der Waals surface area contributed by atoms with Crippen molar-refractivity contribution in [2.45, 2.75) is 38.2 Å². The maximum absolute atomic E-state index is 6.34. The van der Waals surface area contributed by atoms with Crippen molar-refractivity contribution < 1.29 is 9.47 Å². The summed E-state index contributed by atoms with van der Waals surface area (Å²) in [7, 11) is 1.70. The van der Waals surface area contributed by atoms with Gasteiger partial charge < -0.3 is 9.47 Å². The smallest absolute Gasteiger partial charge is 0.120 e. The fourth-order valence-corrected chi connectivity index (χ4v) is 4.88. The van der Waals surface area contributed by atoms with Crippen molar-refractivity contribution in [3.63, 3.8) is 0 Å². The van der Waals surface area contributed by atoms with Crippen LogP contribution in [0.5, 0.6) is 11.5 Å². The van der Waals surface area contributed by atoms with E-state index in [-0.39, 0.29) is 0 Å². The van der Waals surface area contributed by atoms with Crippen molar-refractivity contribution >= 4 is 0 Å². The summed E-state index contributed by atoms with van der Waals surface area (Å²) in [6, 6.07) is 8.07. The standard InChI is InChI=1S/C17H22O2/c1-18-15-2-4-16(5-3-15)19-17-13-7-11-6-12(9-13)10-14(17)8-11/h2-5,11-14,17H,6-10H2,1H3. The van der Waals surface area contributed by atoms with Crippen LogP contribution < -0.4 is 9.47 Å². The Balaban J connectivity index is 1.50. The minimum Gasteiger partial charge on any atom is -0.497 e. The van der Waals surface area contributed by atoms with Gasteiger partial charge in [0, 0.05) is 0 Å². The molecule has 2 nitrogen and oxygen atoms in total. The lowest BCUT2D eigenvalue weighted by atomic mass is 9.55. The van der Waals surface area contributed by atoms with Gasteiger partial charge in [0.25, 0.3) is 0 Å². The largest absolute Gasteiger partial charge is 0.497 e. The van der Waals surface area contributed by atoms with Gasteiger partial charge in [-0.3, -0.25) is 0 Å². The van der Waals surface area contributed by atoms with Crippen molar-refractivity contribution in [1.29, 1.82) is 0 Å². The zero-order valence-corrected chi connectivity index (χ0v) is 11.5. The van der Waals surface area contributed by atoms with E-state index in [1.165, 1.54) is 32.1 Å². The van der Waals surface area contributed by atoms with Crippen LogP contribution in [-0.4, -0.2) is 13.2 Å². The van der Waals surface area contributed by atoms with Crippen LogP contribution in [0.1, 0.15) is 32.1 Å². The van der Waals surface area contributed by atoms with Crippen molar-refractivity contribution in [3.8, 4) is 11.5 Å². The second-order valence-corrected chi connectivity index (χ2v) is 6.69. The summed E-state index contributed by atoms with van der Waals surface area (Å²) < 4.78 is 11.5. The van der Waals surface area contributed by atoms with Crippen LogP contribution >= 0.6 is 0 Å². The lowest BCUT2D eigenvalue weighted by Crippen LogP contribution is -2.50. The molecule has 4 fully saturated rings. The number of rotatable bonds is 3. The van der Waals surface area contributed by atoms with Crippen LogP contribution in [-0.2, 0) is 0 Å². The highest BCUT2D eigenvalue weighted by Gasteiger charge is 2.49. The third-order valence-electron chi connectivity index (χ3n) is 5.47. The van der Waals surface area contributed by atoms with E-state index in [4.69, 9.17) is 9.47 Å². The van der Waals surface area contributed by atoms with Gasteiger partial charge in [0.15, 0.2) is 0 Å². The molecule has 102 valence electrons. The third kappa shape index (κ3) is 2.01. The molecule has 0 atom stereocenters. The quantitative estimate of drug-likeness (QED) is 0.818. The molecule has 1 aromatic carbocycles. The summed E-state index contributed by atoms with van der Waals surface area (Å²) in [5.41, 5.74) is 0. The summed E-state index contributed by atoms with van der Waals surface area (Å²) >= 11 is 0. The first kappa shape index (κ1) is 11.6. The Bertz CT molecular complexity index is 423. The van der Waals surface area contributed by atoms with Crippen molar-refractivity contribution in [3.05, 3.63) is 24.3 Å². The number of benzene rings is 1. The molecule has 0 aliphatic heterocycles. The van der Waals surface area contributed by atoms with Gasteiger partial charge in [-0.05, 0) is 80.0 Å². The Morgan fingerprint density at radius 3 is 1.84 bits per heavy atom. The molecule has 0 saturated heterocycles. The molecule has 0 aromatic heterocycles. The summed E-state index contributed by atoms with van der Waals surface area (Å²) in [6.45, 7) is 0. The van der Waals surface area contributed by atoms with Crippen LogP contribution in [0.2, 0.25) is 0 Å². The first-order valence-electron chi connectivity index (χ1n) is 7.62. The molecular formula is C17H22O2. The zero-order valence-electron chi connectivity index (χ0n) is 11.5. The first-order chi connectivity index (χ1) is 9.31. The highest BCUT2D eigenvalue weighted by molar-refractivity contribution is 5.31. The van der Waals surface area contributed by atoms with Crippen molar-refractivity contribution in [2.75, 3.05) is 7.11 Å². The predicted molar refractivity (Wildman–Crippen MR) is 74.5 cm³/mol. The first-order valence-corrected chi connectivity index (χ1v) is 7.62. The molecule has 2 heteroatoms. The molecule has 5 rings (SSSR count). The molecule has 1 aromatic rings. The third-order valence-corrected chi connectivity index (χ3v) is 5.47.